The fourth-order valence-corrected chi connectivity index (χ4v) is 10.4. The lowest BCUT2D eigenvalue weighted by Crippen LogP contribution is -2.28. The third-order valence-electron chi connectivity index (χ3n) is 13.3. The van der Waals surface area contributed by atoms with Gasteiger partial charge in [-0.05, 0) is 115 Å². The first kappa shape index (κ1) is 36.8. The lowest BCUT2D eigenvalue weighted by Gasteiger charge is -2.34. The Balaban J connectivity index is 0.792. The molecule has 296 valence electrons. The molecular formula is C62H43N. The monoisotopic (exact) mass is 801 g/mol. The van der Waals surface area contributed by atoms with Gasteiger partial charge in [-0.15, -0.1) is 0 Å². The van der Waals surface area contributed by atoms with Crippen LogP contribution in [0.15, 0.2) is 249 Å². The van der Waals surface area contributed by atoms with Crippen LogP contribution < -0.4 is 0 Å². The SMILES string of the molecule is c1ccc(-n2c3ccccc3c3cc(-c4ccc(-c5ccc(-c6ccc(Cc7ccc8c(c7)C(c7ccccc7)(c7ccccc7)c7ccccc7-8)cc6)cc5)cc4)ccc32)cc1. The van der Waals surface area contributed by atoms with E-state index >= 15 is 0 Å². The van der Waals surface area contributed by atoms with E-state index in [2.05, 4.69) is 253 Å². The summed E-state index contributed by atoms with van der Waals surface area (Å²) in [5.74, 6) is 0. The van der Waals surface area contributed by atoms with Crippen molar-refractivity contribution in [1.29, 1.82) is 0 Å². The third kappa shape index (κ3) is 6.16. The summed E-state index contributed by atoms with van der Waals surface area (Å²) in [5, 5.41) is 2.53. The maximum atomic E-state index is 2.47. The largest absolute Gasteiger partial charge is 0.309 e. The van der Waals surface area contributed by atoms with Crippen LogP contribution in [0, 0.1) is 0 Å². The second kappa shape index (κ2) is 15.2. The van der Waals surface area contributed by atoms with Crippen LogP contribution in [0.3, 0.4) is 0 Å². The van der Waals surface area contributed by atoms with Crippen molar-refractivity contribution in [1.82, 2.24) is 4.57 Å². The molecule has 0 aliphatic heterocycles. The van der Waals surface area contributed by atoms with Crippen molar-refractivity contribution in [2.75, 3.05) is 0 Å². The molecule has 1 heteroatoms. The van der Waals surface area contributed by atoms with E-state index in [4.69, 9.17) is 0 Å². The zero-order valence-electron chi connectivity index (χ0n) is 34.8. The van der Waals surface area contributed by atoms with E-state index in [0.717, 1.165) is 6.42 Å². The van der Waals surface area contributed by atoms with Crippen molar-refractivity contribution < 1.29 is 0 Å². The molecule has 1 heterocycles. The van der Waals surface area contributed by atoms with Crippen molar-refractivity contribution in [3.05, 3.63) is 282 Å². The molecule has 0 saturated heterocycles. The molecule has 10 aromatic carbocycles. The molecule has 0 unspecified atom stereocenters. The highest BCUT2D eigenvalue weighted by molar-refractivity contribution is 6.10. The molecule has 0 amide bonds. The summed E-state index contributed by atoms with van der Waals surface area (Å²) in [6.07, 6.45) is 0.864. The van der Waals surface area contributed by atoms with Gasteiger partial charge in [0, 0.05) is 16.5 Å². The number of benzene rings is 10. The van der Waals surface area contributed by atoms with Crippen LogP contribution in [0.1, 0.15) is 33.4 Å². The number of rotatable bonds is 8. The van der Waals surface area contributed by atoms with E-state index in [-0.39, 0.29) is 5.41 Å². The predicted octanol–water partition coefficient (Wildman–Crippen LogP) is 15.7. The van der Waals surface area contributed by atoms with E-state index in [0.29, 0.717) is 0 Å². The molecule has 0 N–H and O–H groups in total. The highest BCUT2D eigenvalue weighted by Crippen LogP contribution is 2.56. The molecule has 1 aliphatic carbocycles. The van der Waals surface area contributed by atoms with E-state index in [1.54, 1.807) is 0 Å². The summed E-state index contributed by atoms with van der Waals surface area (Å²) in [5.41, 5.74) is 21.1. The average Bonchev–Trinajstić information content (AvgIpc) is 3.85. The third-order valence-corrected chi connectivity index (χ3v) is 13.3. The Labute approximate surface area is 368 Å². The van der Waals surface area contributed by atoms with Gasteiger partial charge in [0.25, 0.3) is 0 Å². The van der Waals surface area contributed by atoms with Gasteiger partial charge in [0.1, 0.15) is 0 Å². The number of aromatic nitrogens is 1. The number of para-hydroxylation sites is 2. The number of nitrogens with zero attached hydrogens (tertiary/aromatic N) is 1. The normalized spacial score (nSPS) is 12.6. The molecule has 0 bridgehead atoms. The van der Waals surface area contributed by atoms with Crippen molar-refractivity contribution in [3.63, 3.8) is 0 Å². The Morgan fingerprint density at radius 2 is 0.762 bits per heavy atom. The van der Waals surface area contributed by atoms with Gasteiger partial charge >= 0.3 is 0 Å². The fraction of sp³-hybridized carbons (Fsp3) is 0.0323. The summed E-state index contributed by atoms with van der Waals surface area (Å²) in [7, 11) is 0. The second-order valence-corrected chi connectivity index (χ2v) is 16.9. The zero-order valence-corrected chi connectivity index (χ0v) is 34.8. The van der Waals surface area contributed by atoms with Crippen LogP contribution in [-0.2, 0) is 11.8 Å². The fourth-order valence-electron chi connectivity index (χ4n) is 10.4. The molecule has 1 nitrogen and oxygen atoms in total. The van der Waals surface area contributed by atoms with Gasteiger partial charge in [-0.1, -0.05) is 218 Å². The molecule has 0 radical (unpaired) electrons. The highest BCUT2D eigenvalue weighted by Gasteiger charge is 2.46. The van der Waals surface area contributed by atoms with Gasteiger partial charge in [0.05, 0.1) is 16.4 Å². The smallest absolute Gasteiger partial charge is 0.0713 e. The molecule has 0 saturated carbocycles. The molecular weight excluding hydrogens is 759 g/mol. The zero-order chi connectivity index (χ0) is 41.7. The summed E-state index contributed by atoms with van der Waals surface area (Å²) in [4.78, 5) is 0. The van der Waals surface area contributed by atoms with Crippen molar-refractivity contribution in [3.8, 4) is 50.2 Å². The van der Waals surface area contributed by atoms with Crippen molar-refractivity contribution in [2.45, 2.75) is 11.8 Å². The summed E-state index contributed by atoms with van der Waals surface area (Å²) in [6.45, 7) is 0. The highest BCUT2D eigenvalue weighted by atomic mass is 15.0. The number of hydrogen-bond donors (Lipinski definition) is 0. The van der Waals surface area contributed by atoms with Gasteiger partial charge < -0.3 is 4.57 Å². The summed E-state index contributed by atoms with van der Waals surface area (Å²) >= 11 is 0. The van der Waals surface area contributed by atoms with Crippen LogP contribution in [0.25, 0.3) is 72.0 Å². The van der Waals surface area contributed by atoms with E-state index in [9.17, 15) is 0 Å². The van der Waals surface area contributed by atoms with Crippen molar-refractivity contribution in [2.24, 2.45) is 0 Å². The quantitative estimate of drug-likeness (QED) is 0.144. The Bertz CT molecular complexity index is 3380. The number of fused-ring (bicyclic) bond motifs is 6. The molecule has 11 aromatic rings. The molecule has 12 rings (SSSR count). The van der Waals surface area contributed by atoms with Gasteiger partial charge in [0.2, 0.25) is 0 Å². The molecule has 63 heavy (non-hydrogen) atoms. The summed E-state index contributed by atoms with van der Waals surface area (Å²) < 4.78 is 2.37. The molecule has 0 fully saturated rings. The second-order valence-electron chi connectivity index (χ2n) is 16.9. The van der Waals surface area contributed by atoms with Crippen LogP contribution in [-0.4, -0.2) is 4.57 Å². The Morgan fingerprint density at radius 1 is 0.302 bits per heavy atom. The van der Waals surface area contributed by atoms with E-state index in [1.807, 2.05) is 0 Å². The standard InChI is InChI=1S/C62H43N/c1-4-14-51(15-5-1)62(52-16-6-2-7-17-52)58-22-12-10-20-54(58)55-38-26-44(41-59(55)62)40-43-24-27-45(28-25-43)46-29-31-47(32-30-46)48-33-35-49(36-34-48)50-37-39-61-57(42-50)56-21-11-13-23-60(56)63(61)53-18-8-3-9-19-53/h1-39,41-42H,40H2. The Hall–Kier alpha value is -8.00. The minimum Gasteiger partial charge on any atom is -0.309 e. The topological polar surface area (TPSA) is 4.93 Å². The average molecular weight is 802 g/mol. The molecule has 0 spiro atoms. The van der Waals surface area contributed by atoms with Crippen LogP contribution in [0.5, 0.6) is 0 Å². The Kier molecular flexibility index (Phi) is 8.86. The maximum Gasteiger partial charge on any atom is 0.0713 e. The van der Waals surface area contributed by atoms with Crippen LogP contribution in [0.2, 0.25) is 0 Å². The maximum absolute atomic E-state index is 2.47. The van der Waals surface area contributed by atoms with Gasteiger partial charge in [-0.25, -0.2) is 0 Å². The van der Waals surface area contributed by atoms with E-state index in [1.165, 1.54) is 105 Å². The van der Waals surface area contributed by atoms with Crippen LogP contribution in [0.4, 0.5) is 0 Å². The molecule has 0 atom stereocenters. The van der Waals surface area contributed by atoms with Gasteiger partial charge in [0.15, 0.2) is 0 Å². The van der Waals surface area contributed by atoms with E-state index < -0.39 is 0 Å². The van der Waals surface area contributed by atoms with Crippen molar-refractivity contribution >= 4 is 21.8 Å². The predicted molar refractivity (Wildman–Crippen MR) is 264 cm³/mol. The molecule has 1 aliphatic rings. The molecule has 1 aromatic heterocycles. The Morgan fingerprint density at radius 3 is 1.40 bits per heavy atom. The lowest BCUT2D eigenvalue weighted by atomic mass is 9.67. The summed E-state index contributed by atoms with van der Waals surface area (Å²) in [6, 6.07) is 91.6. The lowest BCUT2D eigenvalue weighted by molar-refractivity contribution is 0.767. The van der Waals surface area contributed by atoms with Gasteiger partial charge in [-0.2, -0.15) is 0 Å². The minimum atomic E-state index is -0.385. The minimum absolute atomic E-state index is 0.385. The first-order chi connectivity index (χ1) is 31.2. The van der Waals surface area contributed by atoms with Crippen LogP contribution >= 0.6 is 0 Å². The number of hydrogen-bond acceptors (Lipinski definition) is 0. The first-order valence-corrected chi connectivity index (χ1v) is 22.0. The first-order valence-electron chi connectivity index (χ1n) is 22.0. The van der Waals surface area contributed by atoms with Gasteiger partial charge in [-0.3, -0.25) is 0 Å².